The van der Waals surface area contributed by atoms with E-state index >= 15 is 0 Å². The molecule has 2 bridgehead atoms. The fourth-order valence-corrected chi connectivity index (χ4v) is 11.1. The van der Waals surface area contributed by atoms with Gasteiger partial charge in [0.25, 0.3) is 0 Å². The number of rotatable bonds is 9. The van der Waals surface area contributed by atoms with Crippen LogP contribution < -0.4 is 0 Å². The van der Waals surface area contributed by atoms with Crippen molar-refractivity contribution in [1.29, 1.82) is 0 Å². The monoisotopic (exact) mass is 330 g/mol. The van der Waals surface area contributed by atoms with Crippen LogP contribution in [-0.2, 0) is 17.4 Å². The molecule has 1 fully saturated rings. The van der Waals surface area contributed by atoms with Crippen LogP contribution >= 0.6 is 0 Å². The molecule has 2 aliphatic carbocycles. The van der Waals surface area contributed by atoms with Crippen molar-refractivity contribution in [2.75, 3.05) is 19.8 Å². The molecular weight excluding hydrogens is 300 g/mol. The lowest BCUT2D eigenvalue weighted by molar-refractivity contribution is 0.00602. The predicted molar refractivity (Wildman–Crippen MR) is 88.3 cm³/mol. The van der Waals surface area contributed by atoms with Crippen molar-refractivity contribution in [2.24, 2.45) is 11.8 Å². The Morgan fingerprint density at radius 2 is 1.48 bits per heavy atom. The normalized spacial score (nSPS) is 28.5. The van der Waals surface area contributed by atoms with Crippen LogP contribution in [0.1, 0.15) is 33.6 Å². The molecular formula is C15H30O4Si2. The van der Waals surface area contributed by atoms with Gasteiger partial charge >= 0.3 is 9.05 Å². The Balaban J connectivity index is 2.11. The zero-order valence-electron chi connectivity index (χ0n) is 14.1. The SMILES string of the molecule is CCO[Si](OCC)(OCC)O[Si](C)(C)C1CC2C=CC1C2. The highest BCUT2D eigenvalue weighted by Gasteiger charge is 2.55. The quantitative estimate of drug-likeness (QED) is 0.477. The van der Waals surface area contributed by atoms with E-state index in [2.05, 4.69) is 25.2 Å². The summed E-state index contributed by atoms with van der Waals surface area (Å²) in [7, 11) is -4.92. The lowest BCUT2D eigenvalue weighted by Crippen LogP contribution is -2.57. The molecule has 0 amide bonds. The topological polar surface area (TPSA) is 36.9 Å². The molecule has 0 aliphatic heterocycles. The summed E-state index contributed by atoms with van der Waals surface area (Å²) in [6.45, 7) is 12.2. The van der Waals surface area contributed by atoms with E-state index in [0.717, 1.165) is 5.92 Å². The third kappa shape index (κ3) is 3.86. The summed E-state index contributed by atoms with van der Waals surface area (Å²) in [6.07, 6.45) is 7.33. The van der Waals surface area contributed by atoms with Crippen LogP contribution in [-0.4, -0.2) is 37.2 Å². The maximum atomic E-state index is 6.56. The zero-order valence-corrected chi connectivity index (χ0v) is 16.1. The van der Waals surface area contributed by atoms with Gasteiger partial charge in [0.05, 0.1) is 0 Å². The summed E-state index contributed by atoms with van der Waals surface area (Å²) in [5.41, 5.74) is 0.653. The number of fused-ring (bicyclic) bond motifs is 2. The third-order valence-corrected chi connectivity index (χ3v) is 12.0. The van der Waals surface area contributed by atoms with E-state index < -0.39 is 17.4 Å². The van der Waals surface area contributed by atoms with Crippen molar-refractivity contribution in [3.63, 3.8) is 0 Å². The van der Waals surface area contributed by atoms with E-state index in [-0.39, 0.29) is 0 Å². The first-order valence-electron chi connectivity index (χ1n) is 8.26. The lowest BCUT2D eigenvalue weighted by atomic mass is 10.1. The van der Waals surface area contributed by atoms with Gasteiger partial charge in [-0.2, -0.15) is 0 Å². The van der Waals surface area contributed by atoms with E-state index in [4.69, 9.17) is 17.4 Å². The first kappa shape index (κ1) is 17.4. The molecule has 0 saturated heterocycles. The standard InChI is InChI=1S/C15H30O4Si2/c1-6-16-21(17-7-2,18-8-3)19-20(4,5)15-12-13-9-10-14(15)11-13/h9-10,13-15H,6-8,11-12H2,1-5H3. The van der Waals surface area contributed by atoms with Gasteiger partial charge in [0.2, 0.25) is 0 Å². The van der Waals surface area contributed by atoms with Crippen molar-refractivity contribution in [3.8, 4) is 0 Å². The van der Waals surface area contributed by atoms with Crippen LogP contribution in [0, 0.1) is 11.8 Å². The Labute approximate surface area is 131 Å². The Morgan fingerprint density at radius 1 is 0.905 bits per heavy atom. The van der Waals surface area contributed by atoms with Crippen molar-refractivity contribution in [1.82, 2.24) is 0 Å². The molecule has 3 unspecified atom stereocenters. The van der Waals surface area contributed by atoms with Gasteiger partial charge in [-0.1, -0.05) is 12.2 Å². The van der Waals surface area contributed by atoms with Crippen molar-refractivity contribution >= 4 is 17.4 Å². The van der Waals surface area contributed by atoms with Gasteiger partial charge in [-0.3, -0.25) is 0 Å². The minimum Gasteiger partial charge on any atom is -0.394 e. The molecule has 6 heteroatoms. The zero-order chi connectivity index (χ0) is 15.5. The molecule has 2 aliphatic rings. The van der Waals surface area contributed by atoms with E-state index in [1.807, 2.05) is 20.8 Å². The summed E-state index contributed by atoms with van der Waals surface area (Å²) < 4.78 is 24.2. The smallest absolute Gasteiger partial charge is 0.394 e. The minimum absolute atomic E-state index is 0.563. The van der Waals surface area contributed by atoms with Crippen LogP contribution in [0.25, 0.3) is 0 Å². The third-order valence-electron chi connectivity index (χ3n) is 4.52. The van der Waals surface area contributed by atoms with Gasteiger partial charge in [-0.05, 0) is 64.1 Å². The first-order chi connectivity index (χ1) is 9.96. The highest BCUT2D eigenvalue weighted by molar-refractivity contribution is 6.80. The summed E-state index contributed by atoms with van der Waals surface area (Å²) in [6, 6.07) is 0. The molecule has 21 heavy (non-hydrogen) atoms. The van der Waals surface area contributed by atoms with Crippen LogP contribution in [0.5, 0.6) is 0 Å². The Hall–Kier alpha value is 0.0138. The maximum Gasteiger partial charge on any atom is 0.669 e. The fraction of sp³-hybridized carbons (Fsp3) is 0.867. The van der Waals surface area contributed by atoms with E-state index in [9.17, 15) is 0 Å². The van der Waals surface area contributed by atoms with E-state index in [1.54, 1.807) is 0 Å². The highest BCUT2D eigenvalue weighted by atomic mass is 28.5. The molecule has 4 nitrogen and oxygen atoms in total. The minimum atomic E-state index is -2.99. The Kier molecular flexibility index (Phi) is 5.84. The Morgan fingerprint density at radius 3 is 1.86 bits per heavy atom. The van der Waals surface area contributed by atoms with Crippen molar-refractivity contribution in [3.05, 3.63) is 12.2 Å². The van der Waals surface area contributed by atoms with Crippen LogP contribution in [0.4, 0.5) is 0 Å². The average molecular weight is 331 g/mol. The maximum absolute atomic E-state index is 6.56. The van der Waals surface area contributed by atoms with Gasteiger partial charge in [0.1, 0.15) is 0 Å². The summed E-state index contributed by atoms with van der Waals surface area (Å²) in [5, 5.41) is 0. The van der Waals surface area contributed by atoms with Gasteiger partial charge in [-0.15, -0.1) is 0 Å². The van der Waals surface area contributed by atoms with Crippen LogP contribution in [0.3, 0.4) is 0 Å². The second kappa shape index (κ2) is 7.06. The average Bonchev–Trinajstić information content (AvgIpc) is 3.01. The van der Waals surface area contributed by atoms with Gasteiger partial charge < -0.3 is 17.4 Å². The summed E-state index contributed by atoms with van der Waals surface area (Å²) in [5.74, 6) is 1.45. The van der Waals surface area contributed by atoms with Crippen molar-refractivity contribution in [2.45, 2.75) is 52.2 Å². The first-order valence-corrected chi connectivity index (χ1v) is 12.9. The summed E-state index contributed by atoms with van der Waals surface area (Å²) >= 11 is 0. The molecule has 0 heterocycles. The van der Waals surface area contributed by atoms with Gasteiger partial charge in [0, 0.05) is 19.8 Å². The van der Waals surface area contributed by atoms with E-state index in [1.165, 1.54) is 12.8 Å². The molecule has 0 aromatic carbocycles. The second-order valence-electron chi connectivity index (χ2n) is 6.39. The van der Waals surface area contributed by atoms with Gasteiger partial charge in [-0.25, -0.2) is 0 Å². The Bertz CT molecular complexity index is 356. The number of hydrogen-bond donors (Lipinski definition) is 0. The molecule has 0 N–H and O–H groups in total. The molecule has 122 valence electrons. The van der Waals surface area contributed by atoms with Crippen molar-refractivity contribution < 1.29 is 17.4 Å². The number of hydrogen-bond acceptors (Lipinski definition) is 4. The second-order valence-corrected chi connectivity index (χ2v) is 13.0. The van der Waals surface area contributed by atoms with E-state index in [0.29, 0.717) is 31.3 Å². The molecule has 3 atom stereocenters. The molecule has 2 rings (SSSR count). The van der Waals surface area contributed by atoms with Crippen LogP contribution in [0.2, 0.25) is 18.6 Å². The molecule has 0 aromatic heterocycles. The number of allylic oxidation sites excluding steroid dienone is 2. The highest BCUT2D eigenvalue weighted by Crippen LogP contribution is 2.52. The fourth-order valence-electron chi connectivity index (χ4n) is 3.72. The van der Waals surface area contributed by atoms with Crippen LogP contribution in [0.15, 0.2) is 12.2 Å². The lowest BCUT2D eigenvalue weighted by Gasteiger charge is -2.39. The molecule has 0 radical (unpaired) electrons. The summed E-state index contributed by atoms with van der Waals surface area (Å²) in [4.78, 5) is 0. The predicted octanol–water partition coefficient (Wildman–Crippen LogP) is 3.72. The molecule has 1 saturated carbocycles. The molecule has 0 spiro atoms. The largest absolute Gasteiger partial charge is 0.669 e. The van der Waals surface area contributed by atoms with Gasteiger partial charge in [0.15, 0.2) is 8.32 Å². The molecule has 0 aromatic rings.